The molecular formula is C21H22ClN3O. The van der Waals surface area contributed by atoms with E-state index in [-0.39, 0.29) is 18.9 Å². The highest BCUT2D eigenvalue weighted by molar-refractivity contribution is 6.32. The SMILES string of the molecule is CCC.N#CCCN1C(=O)CN=C(c2ccccc2)c2cc(Cl)ccc21. The lowest BCUT2D eigenvalue weighted by Crippen LogP contribution is -2.33. The summed E-state index contributed by atoms with van der Waals surface area (Å²) in [7, 11) is 0. The van der Waals surface area contributed by atoms with Crippen LogP contribution >= 0.6 is 11.6 Å². The van der Waals surface area contributed by atoms with E-state index in [0.29, 0.717) is 11.6 Å². The molecule has 0 radical (unpaired) electrons. The van der Waals surface area contributed by atoms with E-state index >= 15 is 0 Å². The quantitative estimate of drug-likeness (QED) is 0.778. The highest BCUT2D eigenvalue weighted by atomic mass is 35.5. The van der Waals surface area contributed by atoms with Crippen molar-refractivity contribution in [1.29, 1.82) is 5.26 Å². The summed E-state index contributed by atoms with van der Waals surface area (Å²) in [5.41, 5.74) is 3.24. The molecule has 0 aromatic heterocycles. The number of halogens is 1. The van der Waals surface area contributed by atoms with E-state index < -0.39 is 0 Å². The largest absolute Gasteiger partial charge is 0.309 e. The van der Waals surface area contributed by atoms with Crippen molar-refractivity contribution in [3.8, 4) is 6.07 Å². The third-order valence-electron chi connectivity index (χ3n) is 3.67. The average molecular weight is 368 g/mol. The second-order valence-corrected chi connectivity index (χ2v) is 6.29. The number of carbonyl (C=O) groups excluding carboxylic acids is 1. The molecule has 0 saturated carbocycles. The maximum Gasteiger partial charge on any atom is 0.248 e. The molecule has 1 aliphatic rings. The van der Waals surface area contributed by atoms with Crippen LogP contribution in [0.15, 0.2) is 53.5 Å². The first kappa shape index (κ1) is 19.7. The Hall–Kier alpha value is -2.64. The first-order valence-electron chi connectivity index (χ1n) is 8.69. The van der Waals surface area contributed by atoms with Crippen molar-refractivity contribution in [1.82, 2.24) is 0 Å². The van der Waals surface area contributed by atoms with Crippen molar-refractivity contribution in [2.24, 2.45) is 4.99 Å². The maximum absolute atomic E-state index is 12.4. The Morgan fingerprint density at radius 1 is 1.19 bits per heavy atom. The molecule has 0 N–H and O–H groups in total. The lowest BCUT2D eigenvalue weighted by Gasteiger charge is -2.22. The number of nitriles is 1. The molecule has 0 atom stereocenters. The zero-order chi connectivity index (χ0) is 18.9. The van der Waals surface area contributed by atoms with E-state index in [1.807, 2.05) is 42.5 Å². The monoisotopic (exact) mass is 367 g/mol. The van der Waals surface area contributed by atoms with Crippen molar-refractivity contribution in [3.05, 3.63) is 64.7 Å². The number of aliphatic imine (C=N–C) groups is 1. The number of rotatable bonds is 3. The molecule has 3 rings (SSSR count). The van der Waals surface area contributed by atoms with Crippen LogP contribution in [0.4, 0.5) is 5.69 Å². The van der Waals surface area contributed by atoms with Crippen LogP contribution in [0.25, 0.3) is 0 Å². The van der Waals surface area contributed by atoms with Crippen LogP contribution in [-0.2, 0) is 4.79 Å². The Morgan fingerprint density at radius 3 is 2.54 bits per heavy atom. The van der Waals surface area contributed by atoms with Crippen molar-refractivity contribution in [2.75, 3.05) is 18.0 Å². The molecule has 2 aromatic rings. The molecule has 26 heavy (non-hydrogen) atoms. The van der Waals surface area contributed by atoms with Gasteiger partial charge in [0.15, 0.2) is 0 Å². The van der Waals surface area contributed by atoms with Gasteiger partial charge >= 0.3 is 0 Å². The molecule has 0 aliphatic carbocycles. The highest BCUT2D eigenvalue weighted by Gasteiger charge is 2.24. The van der Waals surface area contributed by atoms with Gasteiger partial charge in [0.05, 0.1) is 23.9 Å². The number of anilines is 1. The van der Waals surface area contributed by atoms with Crippen molar-refractivity contribution < 1.29 is 4.79 Å². The van der Waals surface area contributed by atoms with Gasteiger partial charge in [-0.25, -0.2) is 0 Å². The molecular weight excluding hydrogens is 346 g/mol. The van der Waals surface area contributed by atoms with Gasteiger partial charge in [-0.1, -0.05) is 62.2 Å². The Morgan fingerprint density at radius 2 is 1.88 bits per heavy atom. The second kappa shape index (κ2) is 9.74. The van der Waals surface area contributed by atoms with Crippen molar-refractivity contribution in [2.45, 2.75) is 26.7 Å². The lowest BCUT2D eigenvalue weighted by atomic mass is 10.00. The fourth-order valence-electron chi connectivity index (χ4n) is 2.63. The summed E-state index contributed by atoms with van der Waals surface area (Å²) in [6.45, 7) is 4.66. The normalized spacial score (nSPS) is 12.9. The van der Waals surface area contributed by atoms with E-state index in [1.165, 1.54) is 6.42 Å². The number of carbonyl (C=O) groups is 1. The van der Waals surface area contributed by atoms with Gasteiger partial charge in [-0.2, -0.15) is 5.26 Å². The Balaban J connectivity index is 0.000000758. The summed E-state index contributed by atoms with van der Waals surface area (Å²) < 4.78 is 0. The standard InChI is InChI=1S/C18H14ClN3O.C3H8/c19-14-7-8-16-15(11-14)18(13-5-2-1-3-6-13)21-12-17(23)22(16)10-4-9-20;1-3-2/h1-3,5-8,11H,4,10,12H2;3H2,1-2H3. The number of nitrogens with zero attached hydrogens (tertiary/aromatic N) is 3. The molecule has 0 fully saturated rings. The molecule has 0 unspecified atom stereocenters. The van der Waals surface area contributed by atoms with Gasteiger partial charge < -0.3 is 4.90 Å². The predicted molar refractivity (Wildman–Crippen MR) is 107 cm³/mol. The summed E-state index contributed by atoms with van der Waals surface area (Å²) in [4.78, 5) is 18.5. The summed E-state index contributed by atoms with van der Waals surface area (Å²) in [6, 6.07) is 17.2. The fourth-order valence-corrected chi connectivity index (χ4v) is 2.81. The number of benzodiazepines with no additional fused rings is 1. The number of fused-ring (bicyclic) bond motifs is 1. The van der Waals surface area contributed by atoms with Gasteiger partial charge in [0.1, 0.15) is 6.54 Å². The number of hydrogen-bond acceptors (Lipinski definition) is 3. The third-order valence-corrected chi connectivity index (χ3v) is 3.91. The van der Waals surface area contributed by atoms with E-state index in [0.717, 1.165) is 22.5 Å². The molecule has 1 aliphatic heterocycles. The smallest absolute Gasteiger partial charge is 0.248 e. The molecule has 2 aromatic carbocycles. The van der Waals surface area contributed by atoms with Gasteiger partial charge in [-0.3, -0.25) is 9.79 Å². The van der Waals surface area contributed by atoms with E-state index in [9.17, 15) is 4.79 Å². The van der Waals surface area contributed by atoms with E-state index in [4.69, 9.17) is 16.9 Å². The molecule has 4 nitrogen and oxygen atoms in total. The van der Waals surface area contributed by atoms with Gasteiger partial charge in [0.25, 0.3) is 0 Å². The van der Waals surface area contributed by atoms with Crippen LogP contribution in [0.2, 0.25) is 5.02 Å². The number of hydrogen-bond donors (Lipinski definition) is 0. The predicted octanol–water partition coefficient (Wildman–Crippen LogP) is 4.85. The molecule has 0 spiro atoms. The van der Waals surface area contributed by atoms with Crippen LogP contribution in [0.3, 0.4) is 0 Å². The average Bonchev–Trinajstić information content (AvgIpc) is 2.77. The van der Waals surface area contributed by atoms with Gasteiger partial charge in [0, 0.05) is 22.7 Å². The van der Waals surface area contributed by atoms with Crippen LogP contribution < -0.4 is 4.90 Å². The van der Waals surface area contributed by atoms with Crippen LogP contribution in [0.5, 0.6) is 0 Å². The molecule has 0 bridgehead atoms. The number of benzene rings is 2. The Labute approximate surface area is 159 Å². The topological polar surface area (TPSA) is 56.5 Å². The molecule has 134 valence electrons. The summed E-state index contributed by atoms with van der Waals surface area (Å²) in [5, 5.41) is 9.42. The van der Waals surface area contributed by atoms with Crippen molar-refractivity contribution >= 4 is 28.9 Å². The summed E-state index contributed by atoms with van der Waals surface area (Å²) in [6.07, 6.45) is 1.52. The van der Waals surface area contributed by atoms with Crippen LogP contribution in [0, 0.1) is 11.3 Å². The highest BCUT2D eigenvalue weighted by Crippen LogP contribution is 2.29. The van der Waals surface area contributed by atoms with Crippen molar-refractivity contribution in [3.63, 3.8) is 0 Å². The van der Waals surface area contributed by atoms with E-state index in [1.54, 1.807) is 11.0 Å². The van der Waals surface area contributed by atoms with Crippen LogP contribution in [0.1, 0.15) is 37.8 Å². The third kappa shape index (κ3) is 4.71. The molecule has 1 amide bonds. The second-order valence-electron chi connectivity index (χ2n) is 5.85. The zero-order valence-corrected chi connectivity index (χ0v) is 15.8. The first-order chi connectivity index (χ1) is 12.6. The van der Waals surface area contributed by atoms with E-state index in [2.05, 4.69) is 24.9 Å². The summed E-state index contributed by atoms with van der Waals surface area (Å²) >= 11 is 6.16. The minimum Gasteiger partial charge on any atom is -0.309 e. The first-order valence-corrected chi connectivity index (χ1v) is 9.07. The Bertz CT molecular complexity index is 825. The van der Waals surface area contributed by atoms with Gasteiger partial charge in [-0.05, 0) is 18.2 Å². The van der Waals surface area contributed by atoms with Gasteiger partial charge in [0.2, 0.25) is 5.91 Å². The molecule has 1 heterocycles. The minimum absolute atomic E-state index is 0.0575. The minimum atomic E-state index is -0.116. The van der Waals surface area contributed by atoms with Crippen LogP contribution in [-0.4, -0.2) is 24.7 Å². The number of amides is 1. The van der Waals surface area contributed by atoms with Gasteiger partial charge in [-0.15, -0.1) is 0 Å². The fraction of sp³-hybridized carbons (Fsp3) is 0.286. The molecule has 5 heteroatoms. The molecule has 0 saturated heterocycles. The lowest BCUT2D eigenvalue weighted by molar-refractivity contribution is -0.117. The summed E-state index contributed by atoms with van der Waals surface area (Å²) in [5.74, 6) is -0.116. The zero-order valence-electron chi connectivity index (χ0n) is 15.1. The maximum atomic E-state index is 12.4. The Kier molecular flexibility index (Phi) is 7.37.